The molecule has 1 aromatic heterocycles. The van der Waals surface area contributed by atoms with Crippen LogP contribution in [0.2, 0.25) is 0 Å². The third kappa shape index (κ3) is 3.35. The van der Waals surface area contributed by atoms with Gasteiger partial charge in [0, 0.05) is 31.7 Å². The van der Waals surface area contributed by atoms with Crippen molar-refractivity contribution < 1.29 is 0 Å². The number of aryl methyl sites for hydroxylation is 1. The van der Waals surface area contributed by atoms with Crippen LogP contribution in [0.15, 0.2) is 54.0 Å². The van der Waals surface area contributed by atoms with Gasteiger partial charge in [-0.3, -0.25) is 4.99 Å². The van der Waals surface area contributed by atoms with Crippen molar-refractivity contribution in [2.24, 2.45) is 4.99 Å². The fourth-order valence-electron chi connectivity index (χ4n) is 1.47. The van der Waals surface area contributed by atoms with Gasteiger partial charge in [-0.25, -0.2) is 4.98 Å². The minimum absolute atomic E-state index is 0.854. The van der Waals surface area contributed by atoms with Crippen LogP contribution in [0.25, 0.3) is 0 Å². The Kier molecular flexibility index (Phi) is 3.88. The highest BCUT2D eigenvalue weighted by atomic mass is 15.0. The summed E-state index contributed by atoms with van der Waals surface area (Å²) in [5.74, 6) is 0. The Bertz CT molecular complexity index is 418. The number of benzene rings is 1. The Morgan fingerprint density at radius 3 is 2.88 bits per heavy atom. The SMILES string of the molecule is C(=NCCCn1ccnc1)c1ccccc1. The van der Waals surface area contributed by atoms with E-state index in [2.05, 4.69) is 26.7 Å². The van der Waals surface area contributed by atoms with E-state index >= 15 is 0 Å². The normalized spacial score (nSPS) is 11.0. The smallest absolute Gasteiger partial charge is 0.0945 e. The van der Waals surface area contributed by atoms with Crippen LogP contribution < -0.4 is 0 Å². The van der Waals surface area contributed by atoms with Crippen molar-refractivity contribution >= 4 is 6.21 Å². The zero-order valence-corrected chi connectivity index (χ0v) is 9.16. The van der Waals surface area contributed by atoms with E-state index in [1.165, 1.54) is 0 Å². The minimum atomic E-state index is 0.854. The molecule has 0 amide bonds. The Labute approximate surface area is 95.5 Å². The summed E-state index contributed by atoms with van der Waals surface area (Å²) >= 11 is 0. The van der Waals surface area contributed by atoms with Crippen molar-refractivity contribution in [3.8, 4) is 0 Å². The number of aromatic nitrogens is 2. The highest BCUT2D eigenvalue weighted by Gasteiger charge is 1.88. The van der Waals surface area contributed by atoms with Crippen LogP contribution in [0.5, 0.6) is 0 Å². The third-order valence-corrected chi connectivity index (χ3v) is 2.30. The minimum Gasteiger partial charge on any atom is -0.337 e. The molecule has 1 aromatic carbocycles. The molecular formula is C13H15N3. The molecule has 0 atom stereocenters. The van der Waals surface area contributed by atoms with Crippen LogP contribution in [-0.2, 0) is 6.54 Å². The molecule has 0 saturated heterocycles. The molecule has 0 bridgehead atoms. The molecule has 0 aliphatic rings. The van der Waals surface area contributed by atoms with E-state index in [0.29, 0.717) is 0 Å². The van der Waals surface area contributed by atoms with Crippen LogP contribution in [0.3, 0.4) is 0 Å². The first-order chi connectivity index (χ1) is 7.95. The van der Waals surface area contributed by atoms with Crippen molar-refractivity contribution in [2.75, 3.05) is 6.54 Å². The number of nitrogens with zero attached hydrogens (tertiary/aromatic N) is 3. The maximum Gasteiger partial charge on any atom is 0.0945 e. The highest BCUT2D eigenvalue weighted by Crippen LogP contribution is 1.95. The summed E-state index contributed by atoms with van der Waals surface area (Å²) < 4.78 is 2.07. The van der Waals surface area contributed by atoms with Gasteiger partial charge in [-0.05, 0) is 12.0 Å². The van der Waals surface area contributed by atoms with E-state index in [9.17, 15) is 0 Å². The number of imidazole rings is 1. The fraction of sp³-hybridized carbons (Fsp3) is 0.231. The van der Waals surface area contributed by atoms with Gasteiger partial charge in [0.2, 0.25) is 0 Å². The molecule has 3 heteroatoms. The predicted molar refractivity (Wildman–Crippen MR) is 65.7 cm³/mol. The maximum absolute atomic E-state index is 4.38. The van der Waals surface area contributed by atoms with Gasteiger partial charge in [-0.15, -0.1) is 0 Å². The number of aliphatic imine (C=N–C) groups is 1. The maximum atomic E-state index is 4.38. The van der Waals surface area contributed by atoms with Crippen molar-refractivity contribution in [1.82, 2.24) is 9.55 Å². The van der Waals surface area contributed by atoms with Gasteiger partial charge >= 0.3 is 0 Å². The van der Waals surface area contributed by atoms with Gasteiger partial charge in [0.15, 0.2) is 0 Å². The van der Waals surface area contributed by atoms with E-state index in [-0.39, 0.29) is 0 Å². The van der Waals surface area contributed by atoms with Crippen molar-refractivity contribution in [1.29, 1.82) is 0 Å². The summed E-state index contributed by atoms with van der Waals surface area (Å²) in [5, 5.41) is 0. The molecule has 3 nitrogen and oxygen atoms in total. The first kappa shape index (κ1) is 10.6. The third-order valence-electron chi connectivity index (χ3n) is 2.30. The molecule has 0 spiro atoms. The fourth-order valence-corrected chi connectivity index (χ4v) is 1.47. The molecule has 2 rings (SSSR count). The molecule has 1 heterocycles. The van der Waals surface area contributed by atoms with Crippen LogP contribution in [0, 0.1) is 0 Å². The van der Waals surface area contributed by atoms with Gasteiger partial charge < -0.3 is 4.57 Å². The van der Waals surface area contributed by atoms with Crippen LogP contribution >= 0.6 is 0 Å². The van der Waals surface area contributed by atoms with Crippen LogP contribution in [0.4, 0.5) is 0 Å². The molecule has 82 valence electrons. The topological polar surface area (TPSA) is 30.2 Å². The second-order valence-corrected chi connectivity index (χ2v) is 3.60. The molecular weight excluding hydrogens is 198 g/mol. The lowest BCUT2D eigenvalue weighted by atomic mass is 10.2. The summed E-state index contributed by atoms with van der Waals surface area (Å²) in [7, 11) is 0. The van der Waals surface area contributed by atoms with Gasteiger partial charge in [0.05, 0.1) is 6.33 Å². The lowest BCUT2D eigenvalue weighted by Gasteiger charge is -1.98. The van der Waals surface area contributed by atoms with Crippen LogP contribution in [0.1, 0.15) is 12.0 Å². The van der Waals surface area contributed by atoms with E-state index in [1.807, 2.05) is 36.9 Å². The second kappa shape index (κ2) is 5.85. The molecule has 0 saturated carbocycles. The largest absolute Gasteiger partial charge is 0.337 e. The number of rotatable bonds is 5. The molecule has 0 unspecified atom stereocenters. The Balaban J connectivity index is 1.70. The lowest BCUT2D eigenvalue weighted by molar-refractivity contribution is 0.651. The summed E-state index contributed by atoms with van der Waals surface area (Å²) in [6.45, 7) is 1.83. The number of hydrogen-bond donors (Lipinski definition) is 0. The summed E-state index contributed by atoms with van der Waals surface area (Å²) in [6, 6.07) is 10.2. The molecule has 0 aliphatic heterocycles. The van der Waals surface area contributed by atoms with E-state index < -0.39 is 0 Å². The standard InChI is InChI=1S/C13H15N3/c1-2-5-13(6-3-1)11-14-7-4-9-16-10-8-15-12-16/h1-3,5-6,8,10-12H,4,7,9H2. The van der Waals surface area contributed by atoms with Crippen molar-refractivity contribution in [3.05, 3.63) is 54.6 Å². The quantitative estimate of drug-likeness (QED) is 0.554. The molecule has 0 N–H and O–H groups in total. The van der Waals surface area contributed by atoms with Gasteiger partial charge in [-0.2, -0.15) is 0 Å². The zero-order valence-electron chi connectivity index (χ0n) is 9.16. The van der Waals surface area contributed by atoms with E-state index in [4.69, 9.17) is 0 Å². The average Bonchev–Trinajstić information content (AvgIpc) is 2.83. The summed E-state index contributed by atoms with van der Waals surface area (Å²) in [5.41, 5.74) is 1.16. The molecule has 0 aliphatic carbocycles. The van der Waals surface area contributed by atoms with Gasteiger partial charge in [-0.1, -0.05) is 30.3 Å². The van der Waals surface area contributed by atoms with Crippen LogP contribution in [-0.4, -0.2) is 22.3 Å². The Morgan fingerprint density at radius 1 is 1.25 bits per heavy atom. The van der Waals surface area contributed by atoms with E-state index in [0.717, 1.165) is 25.1 Å². The molecule has 0 radical (unpaired) electrons. The molecule has 2 aromatic rings. The van der Waals surface area contributed by atoms with Gasteiger partial charge in [0.1, 0.15) is 0 Å². The second-order valence-electron chi connectivity index (χ2n) is 3.60. The molecule has 16 heavy (non-hydrogen) atoms. The van der Waals surface area contributed by atoms with E-state index in [1.54, 1.807) is 6.20 Å². The summed E-state index contributed by atoms with van der Waals surface area (Å²) in [6.07, 6.45) is 8.57. The monoisotopic (exact) mass is 213 g/mol. The number of hydrogen-bond acceptors (Lipinski definition) is 2. The average molecular weight is 213 g/mol. The molecule has 0 fully saturated rings. The lowest BCUT2D eigenvalue weighted by Crippen LogP contribution is -1.96. The van der Waals surface area contributed by atoms with Crippen molar-refractivity contribution in [2.45, 2.75) is 13.0 Å². The Hall–Kier alpha value is -1.90. The first-order valence-electron chi connectivity index (χ1n) is 5.46. The van der Waals surface area contributed by atoms with Crippen molar-refractivity contribution in [3.63, 3.8) is 0 Å². The Morgan fingerprint density at radius 2 is 2.12 bits per heavy atom. The highest BCUT2D eigenvalue weighted by molar-refractivity contribution is 5.79. The zero-order chi connectivity index (χ0) is 11.1. The summed E-state index contributed by atoms with van der Waals surface area (Å²) in [4.78, 5) is 8.38. The predicted octanol–water partition coefficient (Wildman–Crippen LogP) is 2.39. The first-order valence-corrected chi connectivity index (χ1v) is 5.46. The van der Waals surface area contributed by atoms with Gasteiger partial charge in [0.25, 0.3) is 0 Å².